The van der Waals surface area contributed by atoms with Crippen molar-refractivity contribution in [2.75, 3.05) is 23.3 Å². The van der Waals surface area contributed by atoms with Crippen LogP contribution in [-0.2, 0) is 11.2 Å². The second-order valence-corrected chi connectivity index (χ2v) is 5.19. The lowest BCUT2D eigenvalue weighted by Gasteiger charge is -2.27. The molecule has 0 spiro atoms. The van der Waals surface area contributed by atoms with E-state index in [9.17, 15) is 4.79 Å². The molecule has 2 heterocycles. The molecule has 1 saturated heterocycles. The Labute approximate surface area is 108 Å². The lowest BCUT2D eigenvalue weighted by atomic mass is 10.0. The first-order chi connectivity index (χ1) is 8.86. The standard InChI is InChI=1S/C15H20N2O/c18-15-9-2-1-3-11-17(15)14-8-4-7-13-12(14)6-5-10-16-13/h4,7-8,16H,1-3,5-6,9-11H2. The van der Waals surface area contributed by atoms with Crippen LogP contribution in [0.2, 0.25) is 0 Å². The predicted molar refractivity (Wildman–Crippen MR) is 74.1 cm³/mol. The minimum atomic E-state index is 0.298. The molecule has 0 aliphatic carbocycles. The first-order valence-electron chi connectivity index (χ1n) is 7.02. The zero-order chi connectivity index (χ0) is 12.4. The molecule has 0 unspecified atom stereocenters. The van der Waals surface area contributed by atoms with Crippen LogP contribution in [0, 0.1) is 0 Å². The zero-order valence-electron chi connectivity index (χ0n) is 10.7. The molecule has 18 heavy (non-hydrogen) atoms. The summed E-state index contributed by atoms with van der Waals surface area (Å²) in [6.45, 7) is 1.93. The number of benzene rings is 1. The third-order valence-corrected chi connectivity index (χ3v) is 3.93. The molecule has 0 bridgehead atoms. The van der Waals surface area contributed by atoms with Gasteiger partial charge in [0.1, 0.15) is 0 Å². The largest absolute Gasteiger partial charge is 0.385 e. The van der Waals surface area contributed by atoms with Crippen LogP contribution in [0.5, 0.6) is 0 Å². The highest BCUT2D eigenvalue weighted by atomic mass is 16.2. The molecular weight excluding hydrogens is 224 g/mol. The van der Waals surface area contributed by atoms with Crippen molar-refractivity contribution >= 4 is 17.3 Å². The number of carbonyl (C=O) groups excluding carboxylic acids is 1. The maximum absolute atomic E-state index is 12.2. The minimum absolute atomic E-state index is 0.298. The van der Waals surface area contributed by atoms with Crippen LogP contribution in [-0.4, -0.2) is 19.0 Å². The number of nitrogens with one attached hydrogen (secondary N) is 1. The Kier molecular flexibility index (Phi) is 3.22. The van der Waals surface area contributed by atoms with Gasteiger partial charge in [0.15, 0.2) is 0 Å². The summed E-state index contributed by atoms with van der Waals surface area (Å²) in [6.07, 6.45) is 6.30. The van der Waals surface area contributed by atoms with Gasteiger partial charge in [-0.1, -0.05) is 12.5 Å². The number of fused-ring (bicyclic) bond motifs is 1. The van der Waals surface area contributed by atoms with Gasteiger partial charge in [-0.15, -0.1) is 0 Å². The van der Waals surface area contributed by atoms with Crippen LogP contribution in [0.25, 0.3) is 0 Å². The molecule has 0 aromatic heterocycles. The van der Waals surface area contributed by atoms with E-state index in [0.717, 1.165) is 44.5 Å². The van der Waals surface area contributed by atoms with Crippen molar-refractivity contribution in [3.63, 3.8) is 0 Å². The monoisotopic (exact) mass is 244 g/mol. The molecule has 3 rings (SSSR count). The maximum atomic E-state index is 12.2. The van der Waals surface area contributed by atoms with Gasteiger partial charge >= 0.3 is 0 Å². The molecule has 0 atom stereocenters. The van der Waals surface area contributed by atoms with Gasteiger partial charge in [0.25, 0.3) is 0 Å². The molecule has 3 nitrogen and oxygen atoms in total. The second kappa shape index (κ2) is 5.01. The average Bonchev–Trinajstić information content (AvgIpc) is 2.63. The molecule has 1 aromatic carbocycles. The predicted octanol–water partition coefficient (Wildman–Crippen LogP) is 2.95. The van der Waals surface area contributed by atoms with Gasteiger partial charge in [-0.2, -0.15) is 0 Å². The van der Waals surface area contributed by atoms with E-state index in [0.29, 0.717) is 12.3 Å². The fraction of sp³-hybridized carbons (Fsp3) is 0.533. The Morgan fingerprint density at radius 2 is 2.00 bits per heavy atom. The number of nitrogens with zero attached hydrogens (tertiary/aromatic N) is 1. The highest BCUT2D eigenvalue weighted by Gasteiger charge is 2.22. The summed E-state index contributed by atoms with van der Waals surface area (Å²) in [5.41, 5.74) is 3.70. The lowest BCUT2D eigenvalue weighted by Crippen LogP contribution is -2.31. The van der Waals surface area contributed by atoms with Crippen LogP contribution in [0.4, 0.5) is 11.4 Å². The first-order valence-corrected chi connectivity index (χ1v) is 7.02. The summed E-state index contributed by atoms with van der Waals surface area (Å²) in [5, 5.41) is 3.43. The molecule has 1 fully saturated rings. The molecule has 2 aliphatic heterocycles. The van der Waals surface area contributed by atoms with Crippen LogP contribution in [0.1, 0.15) is 37.7 Å². The molecule has 96 valence electrons. The number of anilines is 2. The van der Waals surface area contributed by atoms with Crippen LogP contribution in [0.3, 0.4) is 0 Å². The smallest absolute Gasteiger partial charge is 0.226 e. The van der Waals surface area contributed by atoms with Crippen molar-refractivity contribution in [2.24, 2.45) is 0 Å². The number of amides is 1. The van der Waals surface area contributed by atoms with Gasteiger partial charge < -0.3 is 10.2 Å². The van der Waals surface area contributed by atoms with Crippen LogP contribution < -0.4 is 10.2 Å². The zero-order valence-corrected chi connectivity index (χ0v) is 10.7. The quantitative estimate of drug-likeness (QED) is 0.823. The molecule has 3 heteroatoms. The van der Waals surface area contributed by atoms with Gasteiger partial charge in [-0.3, -0.25) is 4.79 Å². The summed E-state index contributed by atoms with van der Waals surface area (Å²) in [4.78, 5) is 14.2. The fourth-order valence-electron chi connectivity index (χ4n) is 2.98. The third-order valence-electron chi connectivity index (χ3n) is 3.93. The van der Waals surface area contributed by atoms with E-state index < -0.39 is 0 Å². The van der Waals surface area contributed by atoms with Crippen LogP contribution in [0.15, 0.2) is 18.2 Å². The summed E-state index contributed by atoms with van der Waals surface area (Å²) >= 11 is 0. The van der Waals surface area contributed by atoms with E-state index in [-0.39, 0.29) is 0 Å². The van der Waals surface area contributed by atoms with Gasteiger partial charge in [-0.25, -0.2) is 0 Å². The fourth-order valence-corrected chi connectivity index (χ4v) is 2.98. The molecule has 2 aliphatic rings. The summed E-state index contributed by atoms with van der Waals surface area (Å²) in [7, 11) is 0. The maximum Gasteiger partial charge on any atom is 0.226 e. The number of hydrogen-bond donors (Lipinski definition) is 1. The van der Waals surface area contributed by atoms with Crippen molar-refractivity contribution < 1.29 is 4.79 Å². The molecule has 1 amide bonds. The van der Waals surface area contributed by atoms with E-state index in [2.05, 4.69) is 23.5 Å². The van der Waals surface area contributed by atoms with E-state index in [4.69, 9.17) is 0 Å². The topological polar surface area (TPSA) is 32.3 Å². The Morgan fingerprint density at radius 3 is 2.94 bits per heavy atom. The Bertz CT molecular complexity index is 456. The van der Waals surface area contributed by atoms with Crippen molar-refractivity contribution in [3.8, 4) is 0 Å². The summed E-state index contributed by atoms with van der Waals surface area (Å²) < 4.78 is 0. The van der Waals surface area contributed by atoms with Crippen molar-refractivity contribution in [1.82, 2.24) is 0 Å². The van der Waals surface area contributed by atoms with Crippen molar-refractivity contribution in [1.29, 1.82) is 0 Å². The normalized spacial score (nSPS) is 20.0. The highest BCUT2D eigenvalue weighted by molar-refractivity contribution is 5.95. The third kappa shape index (κ3) is 2.09. The summed E-state index contributed by atoms with van der Waals surface area (Å²) in [6, 6.07) is 6.29. The van der Waals surface area contributed by atoms with E-state index >= 15 is 0 Å². The minimum Gasteiger partial charge on any atom is -0.385 e. The first kappa shape index (κ1) is 11.6. The number of hydrogen-bond acceptors (Lipinski definition) is 2. The van der Waals surface area contributed by atoms with Gasteiger partial charge in [-0.05, 0) is 43.4 Å². The molecule has 0 radical (unpaired) electrons. The van der Waals surface area contributed by atoms with E-state index in [1.165, 1.54) is 17.7 Å². The SMILES string of the molecule is O=C1CCCCCN1c1cccc2c1CCCN2. The number of rotatable bonds is 1. The van der Waals surface area contributed by atoms with Gasteiger partial charge in [0.05, 0.1) is 0 Å². The Balaban J connectivity index is 1.97. The van der Waals surface area contributed by atoms with Gasteiger partial charge in [0.2, 0.25) is 5.91 Å². The number of carbonyl (C=O) groups is 1. The Hall–Kier alpha value is -1.51. The molecule has 1 aromatic rings. The highest BCUT2D eigenvalue weighted by Crippen LogP contribution is 2.32. The van der Waals surface area contributed by atoms with E-state index in [1.807, 2.05) is 4.90 Å². The van der Waals surface area contributed by atoms with E-state index in [1.54, 1.807) is 0 Å². The summed E-state index contributed by atoms with van der Waals surface area (Å²) in [5.74, 6) is 0.298. The average molecular weight is 244 g/mol. The van der Waals surface area contributed by atoms with Crippen LogP contribution >= 0.6 is 0 Å². The van der Waals surface area contributed by atoms with Crippen molar-refractivity contribution in [2.45, 2.75) is 38.5 Å². The molecule has 0 saturated carbocycles. The lowest BCUT2D eigenvalue weighted by molar-refractivity contribution is -0.118. The molecule has 1 N–H and O–H groups in total. The van der Waals surface area contributed by atoms with Crippen molar-refractivity contribution in [3.05, 3.63) is 23.8 Å². The second-order valence-electron chi connectivity index (χ2n) is 5.19. The Morgan fingerprint density at radius 1 is 1.06 bits per heavy atom. The molecular formula is C15H20N2O. The van der Waals surface area contributed by atoms with Gasteiger partial charge in [0, 0.05) is 30.9 Å².